The number of imidazole rings is 1. The van der Waals surface area contributed by atoms with Gasteiger partial charge in [-0.3, -0.25) is 4.79 Å². The second-order valence-corrected chi connectivity index (χ2v) is 8.96. The van der Waals surface area contributed by atoms with E-state index in [0.717, 1.165) is 59.7 Å². The smallest absolute Gasteiger partial charge is 0.162 e. The van der Waals surface area contributed by atoms with Gasteiger partial charge in [0.25, 0.3) is 0 Å². The quantitative estimate of drug-likeness (QED) is 0.425. The van der Waals surface area contributed by atoms with E-state index in [2.05, 4.69) is 45.0 Å². The highest BCUT2D eigenvalue weighted by molar-refractivity contribution is 6.31. The summed E-state index contributed by atoms with van der Waals surface area (Å²) in [5.41, 5.74) is 7.07. The number of fused-ring (bicyclic) bond motifs is 1. The number of anilines is 1. The Morgan fingerprint density at radius 2 is 1.84 bits per heavy atom. The molecular weight excluding hydrogens is 422 g/mol. The van der Waals surface area contributed by atoms with Crippen molar-refractivity contribution in [3.63, 3.8) is 0 Å². The lowest BCUT2D eigenvalue weighted by Crippen LogP contribution is -2.44. The number of benzene rings is 2. The van der Waals surface area contributed by atoms with E-state index in [0.29, 0.717) is 16.4 Å². The number of hydrogen-bond acceptors (Lipinski definition) is 4. The normalized spacial score (nSPS) is 14.9. The van der Waals surface area contributed by atoms with Crippen LogP contribution in [0.5, 0.6) is 0 Å². The molecule has 0 bridgehead atoms. The third-order valence-electron chi connectivity index (χ3n) is 6.22. The first-order chi connectivity index (χ1) is 15.4. The van der Waals surface area contributed by atoms with E-state index >= 15 is 0 Å². The minimum atomic E-state index is 0.00781. The summed E-state index contributed by atoms with van der Waals surface area (Å²) in [5.74, 6) is 0.717. The molecule has 4 aromatic rings. The molecule has 3 heterocycles. The molecule has 32 heavy (non-hydrogen) atoms. The van der Waals surface area contributed by atoms with Crippen LogP contribution in [-0.2, 0) is 0 Å². The molecule has 2 aromatic carbocycles. The molecule has 1 saturated heterocycles. The van der Waals surface area contributed by atoms with Crippen molar-refractivity contribution in [2.24, 2.45) is 0 Å². The average Bonchev–Trinajstić information content (AvgIpc) is 3.34. The Bertz CT molecular complexity index is 1310. The minimum Gasteiger partial charge on any atom is -0.369 e. The molecule has 0 amide bonds. The minimum absolute atomic E-state index is 0.00781. The van der Waals surface area contributed by atoms with Gasteiger partial charge in [0.2, 0.25) is 0 Å². The van der Waals surface area contributed by atoms with E-state index in [1.54, 1.807) is 6.92 Å². The molecule has 7 heteroatoms. The van der Waals surface area contributed by atoms with Gasteiger partial charge in [0, 0.05) is 53.7 Å². The van der Waals surface area contributed by atoms with Gasteiger partial charge in [-0.25, -0.2) is 4.98 Å². The number of rotatable bonds is 4. The number of H-pyrrole nitrogens is 2. The van der Waals surface area contributed by atoms with Gasteiger partial charge >= 0.3 is 0 Å². The third-order valence-corrected chi connectivity index (χ3v) is 6.46. The Morgan fingerprint density at radius 3 is 2.56 bits per heavy atom. The second kappa shape index (κ2) is 8.11. The van der Waals surface area contributed by atoms with Gasteiger partial charge in [0.05, 0.1) is 16.7 Å². The van der Waals surface area contributed by atoms with Crippen LogP contribution in [0, 0.1) is 6.92 Å². The van der Waals surface area contributed by atoms with Crippen LogP contribution in [0.1, 0.15) is 23.0 Å². The summed E-state index contributed by atoms with van der Waals surface area (Å²) in [6, 6.07) is 13.9. The van der Waals surface area contributed by atoms with E-state index in [9.17, 15) is 4.79 Å². The van der Waals surface area contributed by atoms with Crippen molar-refractivity contribution in [3.05, 3.63) is 58.7 Å². The zero-order chi connectivity index (χ0) is 22.4. The number of aromatic amines is 2. The Balaban J connectivity index is 1.61. The van der Waals surface area contributed by atoms with Crippen LogP contribution in [0.3, 0.4) is 0 Å². The maximum Gasteiger partial charge on any atom is 0.162 e. The van der Waals surface area contributed by atoms with E-state index < -0.39 is 0 Å². The van der Waals surface area contributed by atoms with E-state index in [1.165, 1.54) is 5.69 Å². The number of carbonyl (C=O) groups is 1. The van der Waals surface area contributed by atoms with E-state index in [-0.39, 0.29) is 5.78 Å². The highest BCUT2D eigenvalue weighted by Gasteiger charge is 2.23. The molecule has 0 unspecified atom stereocenters. The van der Waals surface area contributed by atoms with Gasteiger partial charge in [-0.05, 0) is 56.8 Å². The van der Waals surface area contributed by atoms with Crippen molar-refractivity contribution in [2.45, 2.75) is 13.8 Å². The van der Waals surface area contributed by atoms with Crippen LogP contribution < -0.4 is 4.90 Å². The molecule has 0 atom stereocenters. The van der Waals surface area contributed by atoms with Crippen molar-refractivity contribution in [1.29, 1.82) is 0 Å². The van der Waals surface area contributed by atoms with Gasteiger partial charge < -0.3 is 19.8 Å². The third kappa shape index (κ3) is 3.70. The molecule has 0 spiro atoms. The van der Waals surface area contributed by atoms with Gasteiger partial charge in [0.1, 0.15) is 0 Å². The first-order valence-corrected chi connectivity index (χ1v) is 11.2. The topological polar surface area (TPSA) is 68.0 Å². The Kier molecular flexibility index (Phi) is 5.27. The van der Waals surface area contributed by atoms with Gasteiger partial charge in [-0.15, -0.1) is 0 Å². The molecule has 6 nitrogen and oxygen atoms in total. The maximum atomic E-state index is 12.5. The Labute approximate surface area is 192 Å². The number of ketones is 1. The molecular formula is C25H26ClN5O. The molecule has 2 aromatic heterocycles. The van der Waals surface area contributed by atoms with Crippen molar-refractivity contribution in [2.75, 3.05) is 38.1 Å². The fourth-order valence-electron chi connectivity index (χ4n) is 4.55. The molecule has 0 aliphatic carbocycles. The highest BCUT2D eigenvalue weighted by Crippen LogP contribution is 2.37. The molecule has 5 rings (SSSR count). The number of nitrogens with one attached hydrogen (secondary N) is 2. The number of nitrogens with zero attached hydrogens (tertiary/aromatic N) is 3. The second-order valence-electron chi connectivity index (χ2n) is 8.52. The summed E-state index contributed by atoms with van der Waals surface area (Å²) in [6.45, 7) is 7.66. The number of piperazine rings is 1. The lowest BCUT2D eigenvalue weighted by Gasteiger charge is -2.34. The first-order valence-electron chi connectivity index (χ1n) is 10.8. The van der Waals surface area contributed by atoms with Crippen LogP contribution in [0.4, 0.5) is 5.69 Å². The zero-order valence-corrected chi connectivity index (χ0v) is 19.3. The number of Topliss-reactive ketones (excluding diaryl/α,β-unsaturated/α-hetero) is 1. The summed E-state index contributed by atoms with van der Waals surface area (Å²) in [4.78, 5) is 29.0. The van der Waals surface area contributed by atoms with Gasteiger partial charge in [-0.1, -0.05) is 23.7 Å². The number of halogens is 1. The fourth-order valence-corrected chi connectivity index (χ4v) is 4.74. The van der Waals surface area contributed by atoms with Crippen LogP contribution in [0.25, 0.3) is 33.7 Å². The fraction of sp³-hybridized carbons (Fsp3) is 0.280. The summed E-state index contributed by atoms with van der Waals surface area (Å²) in [5, 5.41) is 0.628. The van der Waals surface area contributed by atoms with Crippen molar-refractivity contribution in [3.8, 4) is 22.6 Å². The van der Waals surface area contributed by atoms with Crippen LogP contribution in [0.2, 0.25) is 5.02 Å². The lowest BCUT2D eigenvalue weighted by atomic mass is 9.98. The van der Waals surface area contributed by atoms with E-state index in [1.807, 2.05) is 31.2 Å². The summed E-state index contributed by atoms with van der Waals surface area (Å²) < 4.78 is 0. The van der Waals surface area contributed by atoms with Gasteiger partial charge in [0.15, 0.2) is 11.6 Å². The van der Waals surface area contributed by atoms with Crippen molar-refractivity contribution >= 4 is 34.1 Å². The molecule has 1 aliphatic heterocycles. The number of hydrogen-bond donors (Lipinski definition) is 2. The monoisotopic (exact) mass is 447 g/mol. The molecule has 2 N–H and O–H groups in total. The number of likely N-dealkylation sites (N-methyl/N-ethyl adjacent to an activating group) is 1. The van der Waals surface area contributed by atoms with Crippen LogP contribution >= 0.6 is 11.6 Å². The lowest BCUT2D eigenvalue weighted by molar-refractivity contribution is 0.101. The van der Waals surface area contributed by atoms with Gasteiger partial charge in [-0.2, -0.15) is 0 Å². The molecule has 0 saturated carbocycles. The first kappa shape index (κ1) is 20.8. The largest absolute Gasteiger partial charge is 0.369 e. The summed E-state index contributed by atoms with van der Waals surface area (Å²) >= 11 is 6.27. The molecule has 164 valence electrons. The number of carbonyl (C=O) groups excluding carboxylic acids is 1. The summed E-state index contributed by atoms with van der Waals surface area (Å²) in [7, 11) is 2.16. The van der Waals surface area contributed by atoms with Crippen LogP contribution in [0.15, 0.2) is 42.5 Å². The van der Waals surface area contributed by atoms with Crippen molar-refractivity contribution < 1.29 is 4.79 Å². The maximum absolute atomic E-state index is 12.5. The standard InChI is InChI=1S/C25H26ClN5O/c1-15-22(16(2)32)23(17-5-4-6-18(26)13-17)24(27-15)25-28-20-8-7-19(14-21(20)29-25)31-11-9-30(3)10-12-31/h4-8,13-14,27H,9-12H2,1-3H3,(H,28,29). The predicted octanol–water partition coefficient (Wildman–Crippen LogP) is 5.14. The van der Waals surface area contributed by atoms with Crippen molar-refractivity contribution in [1.82, 2.24) is 19.9 Å². The van der Waals surface area contributed by atoms with E-state index in [4.69, 9.17) is 16.6 Å². The Hall–Kier alpha value is -3.09. The molecule has 0 radical (unpaired) electrons. The predicted molar refractivity (Wildman–Crippen MR) is 131 cm³/mol. The molecule has 1 aliphatic rings. The summed E-state index contributed by atoms with van der Waals surface area (Å²) in [6.07, 6.45) is 0. The highest BCUT2D eigenvalue weighted by atomic mass is 35.5. The number of aromatic nitrogens is 3. The number of aryl methyl sites for hydroxylation is 1. The average molecular weight is 448 g/mol. The Morgan fingerprint density at radius 1 is 1.06 bits per heavy atom. The SMILES string of the molecule is CC(=O)c1c(C)[nH]c(-c2nc3ccc(N4CCN(C)CC4)cc3[nH]2)c1-c1cccc(Cl)c1. The molecule has 1 fully saturated rings. The zero-order valence-electron chi connectivity index (χ0n) is 18.5. The van der Waals surface area contributed by atoms with Crippen LogP contribution in [-0.4, -0.2) is 58.9 Å².